The Morgan fingerprint density at radius 2 is 1.45 bits per heavy atom. The van der Waals surface area contributed by atoms with Gasteiger partial charge in [-0.15, -0.1) is 0 Å². The zero-order valence-corrected chi connectivity index (χ0v) is 24.0. The van der Waals surface area contributed by atoms with Gasteiger partial charge >= 0.3 is 0 Å². The highest BCUT2D eigenvalue weighted by Gasteiger charge is 2.31. The Morgan fingerprint density at radius 1 is 0.810 bits per heavy atom. The van der Waals surface area contributed by atoms with Gasteiger partial charge in [0, 0.05) is 37.9 Å². The smallest absolute Gasteiger partial charge is 0.247 e. The number of benzene rings is 3. The van der Waals surface area contributed by atoms with Gasteiger partial charge in [0.05, 0.1) is 4.90 Å². The van der Waals surface area contributed by atoms with E-state index in [1.54, 1.807) is 41.6 Å². The zero-order chi connectivity index (χ0) is 29.4. The summed E-state index contributed by atoms with van der Waals surface area (Å²) in [7, 11) is -3.54. The van der Waals surface area contributed by atoms with Crippen molar-refractivity contribution < 1.29 is 18.0 Å². The van der Waals surface area contributed by atoms with Crippen molar-refractivity contribution in [2.45, 2.75) is 55.8 Å². The Kier molecular flexibility index (Phi) is 9.41. The summed E-state index contributed by atoms with van der Waals surface area (Å²) in [6.07, 6.45) is 5.64. The van der Waals surface area contributed by atoms with Crippen LogP contribution in [0.25, 0.3) is 0 Å². The first-order valence-corrected chi connectivity index (χ1v) is 15.5. The van der Waals surface area contributed by atoms with Crippen LogP contribution in [0.3, 0.4) is 0 Å². The highest BCUT2D eigenvalue weighted by Crippen LogP contribution is 2.26. The molecule has 4 aromatic rings. The first kappa shape index (κ1) is 29.2. The van der Waals surface area contributed by atoms with Gasteiger partial charge in [-0.05, 0) is 65.8 Å². The van der Waals surface area contributed by atoms with E-state index in [0.717, 1.165) is 29.5 Å². The van der Waals surface area contributed by atoms with Gasteiger partial charge in [-0.3, -0.25) is 14.6 Å². The zero-order valence-electron chi connectivity index (χ0n) is 23.2. The lowest BCUT2D eigenvalue weighted by atomic mass is 10.0. The minimum atomic E-state index is -3.54. The number of hydrogen-bond donors (Lipinski definition) is 2. The molecule has 1 atom stereocenters. The number of nitrogens with one attached hydrogen (secondary N) is 2. The average Bonchev–Trinajstić information content (AvgIpc) is 3.83. The third kappa shape index (κ3) is 7.90. The maximum Gasteiger partial charge on any atom is 0.247 e. The van der Waals surface area contributed by atoms with Crippen LogP contribution in [0.1, 0.15) is 47.6 Å². The van der Waals surface area contributed by atoms with E-state index in [4.69, 9.17) is 0 Å². The number of aromatic nitrogens is 1. The molecule has 1 heterocycles. The number of rotatable bonds is 13. The van der Waals surface area contributed by atoms with Gasteiger partial charge in [0.2, 0.25) is 21.8 Å². The van der Waals surface area contributed by atoms with Crippen LogP contribution in [0.2, 0.25) is 0 Å². The molecule has 0 spiro atoms. The van der Waals surface area contributed by atoms with E-state index < -0.39 is 16.1 Å². The third-order valence-corrected chi connectivity index (χ3v) is 8.70. The van der Waals surface area contributed by atoms with Crippen molar-refractivity contribution in [3.05, 3.63) is 132 Å². The molecule has 5 rings (SSSR count). The van der Waals surface area contributed by atoms with Crippen LogP contribution in [0.15, 0.2) is 114 Å². The minimum absolute atomic E-state index is 0.0300. The van der Waals surface area contributed by atoms with Gasteiger partial charge in [-0.25, -0.2) is 13.1 Å². The minimum Gasteiger partial charge on any atom is -0.350 e. The number of sulfonamides is 1. The molecule has 2 amide bonds. The number of amides is 2. The molecule has 1 fully saturated rings. The van der Waals surface area contributed by atoms with Gasteiger partial charge in [-0.1, -0.05) is 72.8 Å². The van der Waals surface area contributed by atoms with Crippen molar-refractivity contribution in [1.29, 1.82) is 0 Å². The molecular weight excluding hydrogens is 548 g/mol. The maximum absolute atomic E-state index is 13.9. The lowest BCUT2D eigenvalue weighted by molar-refractivity contribution is -0.141. The topological polar surface area (TPSA) is 108 Å². The molecule has 1 unspecified atom stereocenters. The SMILES string of the molecule is O=C(NCc1ccncc1)C(c1ccccc1)N(Cc1ccccc1)C(=O)CCc1ccc(S(=O)(=O)NC2CC2)cc1. The number of carbonyl (C=O) groups excluding carboxylic acids is 2. The van der Waals surface area contributed by atoms with Crippen molar-refractivity contribution in [3.63, 3.8) is 0 Å². The Bertz CT molecular complexity index is 1580. The number of aryl methyl sites for hydroxylation is 1. The fraction of sp³-hybridized carbons (Fsp3) is 0.242. The monoisotopic (exact) mass is 582 g/mol. The molecule has 0 radical (unpaired) electrons. The number of nitrogens with zero attached hydrogens (tertiary/aromatic N) is 2. The van der Waals surface area contributed by atoms with E-state index >= 15 is 0 Å². The van der Waals surface area contributed by atoms with Crippen LogP contribution >= 0.6 is 0 Å². The summed E-state index contributed by atoms with van der Waals surface area (Å²) < 4.78 is 27.7. The Morgan fingerprint density at radius 3 is 2.10 bits per heavy atom. The summed E-state index contributed by atoms with van der Waals surface area (Å²) in [4.78, 5) is 33.5. The first-order chi connectivity index (χ1) is 20.4. The fourth-order valence-corrected chi connectivity index (χ4v) is 6.02. The van der Waals surface area contributed by atoms with Crippen molar-refractivity contribution in [3.8, 4) is 0 Å². The second-order valence-electron chi connectivity index (χ2n) is 10.4. The van der Waals surface area contributed by atoms with Crippen molar-refractivity contribution >= 4 is 21.8 Å². The van der Waals surface area contributed by atoms with E-state index in [2.05, 4.69) is 15.0 Å². The summed E-state index contributed by atoms with van der Waals surface area (Å²) in [6, 6.07) is 28.4. The molecule has 42 heavy (non-hydrogen) atoms. The average molecular weight is 583 g/mol. The summed E-state index contributed by atoms with van der Waals surface area (Å²) in [5.41, 5.74) is 3.37. The third-order valence-electron chi connectivity index (χ3n) is 7.17. The fourth-order valence-electron chi connectivity index (χ4n) is 4.72. The summed E-state index contributed by atoms with van der Waals surface area (Å²) in [6.45, 7) is 0.564. The van der Waals surface area contributed by atoms with E-state index in [1.807, 2.05) is 72.8 Å². The lowest BCUT2D eigenvalue weighted by Gasteiger charge is -2.32. The van der Waals surface area contributed by atoms with Crippen LogP contribution in [-0.2, 0) is 39.1 Å². The number of pyridine rings is 1. The number of hydrogen-bond acceptors (Lipinski definition) is 5. The predicted octanol–water partition coefficient (Wildman–Crippen LogP) is 4.54. The van der Waals surface area contributed by atoms with Crippen LogP contribution in [0, 0.1) is 0 Å². The Labute approximate surface area is 246 Å². The second kappa shape index (κ2) is 13.5. The van der Waals surface area contributed by atoms with Crippen molar-refractivity contribution in [2.75, 3.05) is 0 Å². The predicted molar refractivity (Wildman–Crippen MR) is 160 cm³/mol. The van der Waals surface area contributed by atoms with Gasteiger partial charge in [-0.2, -0.15) is 0 Å². The molecule has 1 saturated carbocycles. The largest absolute Gasteiger partial charge is 0.350 e. The first-order valence-electron chi connectivity index (χ1n) is 14.1. The number of carbonyl (C=O) groups is 2. The molecule has 216 valence electrons. The highest BCUT2D eigenvalue weighted by atomic mass is 32.2. The molecule has 3 aromatic carbocycles. The van der Waals surface area contributed by atoms with Gasteiger partial charge in [0.25, 0.3) is 0 Å². The van der Waals surface area contributed by atoms with Gasteiger partial charge in [0.1, 0.15) is 6.04 Å². The molecule has 0 aliphatic heterocycles. The highest BCUT2D eigenvalue weighted by molar-refractivity contribution is 7.89. The van der Waals surface area contributed by atoms with Crippen LogP contribution < -0.4 is 10.0 Å². The Hall–Kier alpha value is -4.34. The van der Waals surface area contributed by atoms with E-state index in [0.29, 0.717) is 18.5 Å². The van der Waals surface area contributed by atoms with Crippen LogP contribution in [0.4, 0.5) is 0 Å². The summed E-state index contributed by atoms with van der Waals surface area (Å²) in [5.74, 6) is -0.459. The normalized spacial score (nSPS) is 13.7. The molecule has 2 N–H and O–H groups in total. The summed E-state index contributed by atoms with van der Waals surface area (Å²) >= 11 is 0. The van der Waals surface area contributed by atoms with E-state index in [9.17, 15) is 18.0 Å². The standard InChI is InChI=1S/C33H34N4O4S/c38-31(18-13-25-11-16-30(17-12-25)42(40,41)36-29-14-15-29)37(24-27-7-3-1-4-8-27)32(28-9-5-2-6-10-28)33(39)35-23-26-19-21-34-22-20-26/h1-12,16-17,19-22,29,32,36H,13-15,18,23-24H2,(H,35,39). The molecular formula is C33H34N4O4S. The van der Waals surface area contributed by atoms with Crippen LogP contribution in [-0.4, -0.2) is 36.2 Å². The molecule has 8 nitrogen and oxygen atoms in total. The lowest BCUT2D eigenvalue weighted by Crippen LogP contribution is -2.43. The molecule has 0 bridgehead atoms. The van der Waals surface area contributed by atoms with Gasteiger partial charge in [0.15, 0.2) is 0 Å². The van der Waals surface area contributed by atoms with Crippen LogP contribution in [0.5, 0.6) is 0 Å². The second-order valence-corrected chi connectivity index (χ2v) is 12.1. The quantitative estimate of drug-likeness (QED) is 0.241. The van der Waals surface area contributed by atoms with Crippen molar-refractivity contribution in [2.24, 2.45) is 0 Å². The molecule has 1 aliphatic rings. The van der Waals surface area contributed by atoms with E-state index in [-0.39, 0.29) is 35.7 Å². The molecule has 9 heteroatoms. The van der Waals surface area contributed by atoms with E-state index in [1.165, 1.54) is 0 Å². The van der Waals surface area contributed by atoms with Crippen molar-refractivity contribution in [1.82, 2.24) is 19.9 Å². The maximum atomic E-state index is 13.9. The summed E-state index contributed by atoms with van der Waals surface area (Å²) in [5, 5.41) is 3.01. The molecule has 1 aromatic heterocycles. The van der Waals surface area contributed by atoms with Gasteiger partial charge < -0.3 is 10.2 Å². The molecule has 1 aliphatic carbocycles. The Balaban J connectivity index is 1.35. The molecule has 0 saturated heterocycles.